The third-order valence-electron chi connectivity index (χ3n) is 4.62. The molecule has 0 saturated heterocycles. The number of rotatable bonds is 5. The fourth-order valence-electron chi connectivity index (χ4n) is 3.13. The van der Waals surface area contributed by atoms with Gasteiger partial charge in [0.1, 0.15) is 12.2 Å². The van der Waals surface area contributed by atoms with E-state index in [0.29, 0.717) is 34.6 Å². The quantitative estimate of drug-likeness (QED) is 0.418. The first-order valence-electron chi connectivity index (χ1n) is 8.85. The van der Waals surface area contributed by atoms with Gasteiger partial charge in [-0.25, -0.2) is 4.79 Å². The predicted octanol–water partition coefficient (Wildman–Crippen LogP) is 3.98. The maximum absolute atomic E-state index is 12.5. The lowest BCUT2D eigenvalue weighted by atomic mass is 10.0. The van der Waals surface area contributed by atoms with Crippen molar-refractivity contribution in [3.05, 3.63) is 76.4 Å². The largest absolute Gasteiger partial charge is 0.493 e. The maximum Gasteiger partial charge on any atom is 0.344 e. The molecule has 0 saturated carbocycles. The van der Waals surface area contributed by atoms with Crippen LogP contribution in [0.2, 0.25) is 0 Å². The predicted molar refractivity (Wildman–Crippen MR) is 106 cm³/mol. The molecule has 1 unspecified atom stereocenters. The van der Waals surface area contributed by atoms with Gasteiger partial charge in [-0.15, -0.1) is 0 Å². The second kappa shape index (κ2) is 7.32. The molecule has 0 radical (unpaired) electrons. The average Bonchev–Trinajstić information content (AvgIpc) is 2.72. The Morgan fingerprint density at radius 2 is 1.96 bits per heavy atom. The summed E-state index contributed by atoms with van der Waals surface area (Å²) in [7, 11) is 1.56. The Morgan fingerprint density at radius 1 is 1.11 bits per heavy atom. The van der Waals surface area contributed by atoms with Crippen LogP contribution in [0.1, 0.15) is 24.2 Å². The molecule has 1 atom stereocenters. The Kier molecular flexibility index (Phi) is 4.71. The standard InChI is InChI=1S/C22H19NO5/c1-13(24)15-5-6-16-17-9-20(26-2)21(27-12-14-4-3-7-23-11-14)10-19(17)28-22(25)18(16)8-15/h3-11,13,24H,12H2,1-2H3. The Bertz CT molecular complexity index is 1200. The van der Waals surface area contributed by atoms with E-state index < -0.39 is 11.7 Å². The van der Waals surface area contributed by atoms with Gasteiger partial charge in [0.2, 0.25) is 0 Å². The fourth-order valence-corrected chi connectivity index (χ4v) is 3.13. The van der Waals surface area contributed by atoms with E-state index >= 15 is 0 Å². The Labute approximate surface area is 161 Å². The number of aliphatic hydroxyl groups is 1. The number of aromatic nitrogens is 1. The Hall–Kier alpha value is -3.38. The maximum atomic E-state index is 12.5. The summed E-state index contributed by atoms with van der Waals surface area (Å²) >= 11 is 0. The van der Waals surface area contributed by atoms with Crippen LogP contribution in [0.15, 0.2) is 64.1 Å². The van der Waals surface area contributed by atoms with Crippen LogP contribution in [-0.2, 0) is 6.61 Å². The monoisotopic (exact) mass is 377 g/mol. The number of aliphatic hydroxyl groups excluding tert-OH is 1. The lowest BCUT2D eigenvalue weighted by Crippen LogP contribution is -2.03. The van der Waals surface area contributed by atoms with Crippen LogP contribution in [0.25, 0.3) is 21.7 Å². The van der Waals surface area contributed by atoms with Gasteiger partial charge in [0, 0.05) is 34.8 Å². The SMILES string of the molecule is COc1cc2c(cc1OCc1cccnc1)oc(=O)c1cc(C(C)O)ccc12. The van der Waals surface area contributed by atoms with Gasteiger partial charge in [-0.3, -0.25) is 4.98 Å². The number of nitrogens with zero attached hydrogens (tertiary/aromatic N) is 1. The Balaban J connectivity index is 1.82. The molecule has 1 N–H and O–H groups in total. The van der Waals surface area contributed by atoms with Crippen molar-refractivity contribution in [2.75, 3.05) is 7.11 Å². The zero-order valence-electron chi connectivity index (χ0n) is 15.5. The van der Waals surface area contributed by atoms with Gasteiger partial charge < -0.3 is 19.0 Å². The second-order valence-electron chi connectivity index (χ2n) is 6.52. The number of ether oxygens (including phenoxy) is 2. The number of fused-ring (bicyclic) bond motifs is 3. The van der Waals surface area contributed by atoms with E-state index in [2.05, 4.69) is 4.98 Å². The van der Waals surface area contributed by atoms with Crippen molar-refractivity contribution < 1.29 is 19.0 Å². The van der Waals surface area contributed by atoms with E-state index in [4.69, 9.17) is 13.9 Å². The lowest BCUT2D eigenvalue weighted by molar-refractivity contribution is 0.199. The molecule has 142 valence electrons. The highest BCUT2D eigenvalue weighted by molar-refractivity contribution is 6.05. The van der Waals surface area contributed by atoms with Crippen molar-refractivity contribution in [3.63, 3.8) is 0 Å². The van der Waals surface area contributed by atoms with Gasteiger partial charge >= 0.3 is 5.63 Å². The van der Waals surface area contributed by atoms with Gasteiger partial charge in [-0.2, -0.15) is 0 Å². The van der Waals surface area contributed by atoms with Crippen molar-refractivity contribution in [3.8, 4) is 11.5 Å². The third-order valence-corrected chi connectivity index (χ3v) is 4.62. The highest BCUT2D eigenvalue weighted by Crippen LogP contribution is 2.35. The minimum Gasteiger partial charge on any atom is -0.493 e. The Morgan fingerprint density at radius 3 is 2.68 bits per heavy atom. The highest BCUT2D eigenvalue weighted by atomic mass is 16.5. The van der Waals surface area contributed by atoms with Crippen molar-refractivity contribution >= 4 is 21.7 Å². The van der Waals surface area contributed by atoms with E-state index in [1.165, 1.54) is 0 Å². The zero-order valence-corrected chi connectivity index (χ0v) is 15.5. The first-order chi connectivity index (χ1) is 13.6. The topological polar surface area (TPSA) is 81.8 Å². The van der Waals surface area contributed by atoms with Crippen molar-refractivity contribution in [1.82, 2.24) is 4.98 Å². The van der Waals surface area contributed by atoms with Gasteiger partial charge in [0.25, 0.3) is 0 Å². The summed E-state index contributed by atoms with van der Waals surface area (Å²) < 4.78 is 16.9. The van der Waals surface area contributed by atoms with Gasteiger partial charge in [-0.1, -0.05) is 18.2 Å². The molecule has 0 amide bonds. The minimum atomic E-state index is -0.669. The molecule has 0 aliphatic heterocycles. The summed E-state index contributed by atoms with van der Waals surface area (Å²) in [4.78, 5) is 16.5. The normalized spacial score (nSPS) is 12.2. The molecule has 0 bridgehead atoms. The number of benzene rings is 2. The van der Waals surface area contributed by atoms with E-state index in [9.17, 15) is 9.90 Å². The summed E-state index contributed by atoms with van der Waals surface area (Å²) in [5, 5.41) is 11.7. The third kappa shape index (κ3) is 3.30. The smallest absolute Gasteiger partial charge is 0.344 e. The molecule has 6 nitrogen and oxygen atoms in total. The van der Waals surface area contributed by atoms with Crippen LogP contribution in [-0.4, -0.2) is 17.2 Å². The zero-order chi connectivity index (χ0) is 19.7. The molecule has 4 aromatic rings. The molecular weight excluding hydrogens is 358 g/mol. The van der Waals surface area contributed by atoms with Crippen LogP contribution in [0.5, 0.6) is 11.5 Å². The van der Waals surface area contributed by atoms with Crippen molar-refractivity contribution in [1.29, 1.82) is 0 Å². The van der Waals surface area contributed by atoms with Crippen LogP contribution in [0.4, 0.5) is 0 Å². The molecule has 2 aromatic carbocycles. The van der Waals surface area contributed by atoms with Gasteiger partial charge in [0.05, 0.1) is 18.6 Å². The number of hydrogen-bond donors (Lipinski definition) is 1. The van der Waals surface area contributed by atoms with Crippen LogP contribution in [0.3, 0.4) is 0 Å². The molecule has 0 spiro atoms. The number of pyridine rings is 1. The fraction of sp³-hybridized carbons (Fsp3) is 0.182. The van der Waals surface area contributed by atoms with Crippen LogP contribution < -0.4 is 15.1 Å². The lowest BCUT2D eigenvalue weighted by Gasteiger charge is -2.13. The average molecular weight is 377 g/mol. The first kappa shape index (κ1) is 18.0. The molecule has 28 heavy (non-hydrogen) atoms. The molecule has 2 aromatic heterocycles. The van der Waals surface area contributed by atoms with Crippen molar-refractivity contribution in [2.45, 2.75) is 19.6 Å². The summed E-state index contributed by atoms with van der Waals surface area (Å²) in [5.74, 6) is 1.01. The molecule has 6 heteroatoms. The summed E-state index contributed by atoms with van der Waals surface area (Å²) in [5.41, 5.74) is 1.51. The first-order valence-corrected chi connectivity index (χ1v) is 8.85. The van der Waals surface area contributed by atoms with E-state index in [1.54, 1.807) is 50.7 Å². The molecule has 0 fully saturated rings. The van der Waals surface area contributed by atoms with Gasteiger partial charge in [-0.05, 0) is 30.7 Å². The molecule has 0 aliphatic rings. The van der Waals surface area contributed by atoms with Crippen LogP contribution in [0, 0.1) is 0 Å². The van der Waals surface area contributed by atoms with Gasteiger partial charge in [0.15, 0.2) is 11.5 Å². The molecule has 0 aliphatic carbocycles. The van der Waals surface area contributed by atoms with E-state index in [0.717, 1.165) is 16.3 Å². The second-order valence-corrected chi connectivity index (χ2v) is 6.52. The highest BCUT2D eigenvalue weighted by Gasteiger charge is 2.14. The molecule has 2 heterocycles. The summed E-state index contributed by atoms with van der Waals surface area (Å²) in [6.45, 7) is 1.96. The number of methoxy groups -OCH3 is 1. The summed E-state index contributed by atoms with van der Waals surface area (Å²) in [6, 6.07) is 12.5. The molecular formula is C22H19NO5. The van der Waals surface area contributed by atoms with E-state index in [-0.39, 0.29) is 0 Å². The van der Waals surface area contributed by atoms with E-state index in [1.807, 2.05) is 18.2 Å². The summed E-state index contributed by atoms with van der Waals surface area (Å²) in [6.07, 6.45) is 2.75. The van der Waals surface area contributed by atoms with Crippen LogP contribution >= 0.6 is 0 Å². The number of hydrogen-bond acceptors (Lipinski definition) is 6. The minimum absolute atomic E-state index is 0.311. The van der Waals surface area contributed by atoms with Crippen molar-refractivity contribution in [2.24, 2.45) is 0 Å². The molecule has 4 rings (SSSR count).